The molecule has 11 nitrogen and oxygen atoms in total. The predicted molar refractivity (Wildman–Crippen MR) is 113 cm³/mol. The van der Waals surface area contributed by atoms with Crippen LogP contribution >= 0.6 is 11.8 Å². The van der Waals surface area contributed by atoms with E-state index in [1.165, 1.54) is 11.8 Å². The largest absolute Gasteiger partial charge is 0.378 e. The van der Waals surface area contributed by atoms with Crippen LogP contribution in [0.2, 0.25) is 0 Å². The molecule has 0 atom stereocenters. The molecular formula is C19H29N7O4S. The van der Waals surface area contributed by atoms with Gasteiger partial charge in [0.05, 0.1) is 19.0 Å². The smallest absolute Gasteiger partial charge is 0.344 e. The van der Waals surface area contributed by atoms with E-state index < -0.39 is 17.5 Å². The van der Waals surface area contributed by atoms with E-state index in [-0.39, 0.29) is 11.7 Å². The van der Waals surface area contributed by atoms with Crippen LogP contribution in [0.4, 0.5) is 10.7 Å². The lowest BCUT2D eigenvalue weighted by Crippen LogP contribution is -2.51. The number of aromatic nitrogens is 3. The topological polar surface area (TPSA) is 122 Å². The van der Waals surface area contributed by atoms with E-state index in [2.05, 4.69) is 32.8 Å². The van der Waals surface area contributed by atoms with E-state index in [0.29, 0.717) is 43.7 Å². The number of hydrogen-bond donors (Lipinski definition) is 2. The summed E-state index contributed by atoms with van der Waals surface area (Å²) in [6.45, 7) is 7.59. The molecule has 1 spiro atoms. The molecule has 1 aromatic rings. The van der Waals surface area contributed by atoms with Gasteiger partial charge in [0.15, 0.2) is 5.16 Å². The lowest BCUT2D eigenvalue weighted by molar-refractivity contribution is -0.139. The number of morpholine rings is 1. The van der Waals surface area contributed by atoms with Gasteiger partial charge >= 0.3 is 6.03 Å². The highest BCUT2D eigenvalue weighted by Crippen LogP contribution is 2.35. The third kappa shape index (κ3) is 4.36. The van der Waals surface area contributed by atoms with Crippen LogP contribution in [0.15, 0.2) is 5.16 Å². The van der Waals surface area contributed by atoms with Gasteiger partial charge in [0.1, 0.15) is 5.54 Å². The Hall–Kier alpha value is -2.34. The first-order chi connectivity index (χ1) is 14.9. The number of thioether (sulfide) groups is 1. The summed E-state index contributed by atoms with van der Waals surface area (Å²) in [5, 5.41) is 12.8. The van der Waals surface area contributed by atoms with Gasteiger partial charge in [0, 0.05) is 19.6 Å². The Morgan fingerprint density at radius 2 is 1.97 bits per heavy atom. The molecule has 4 amide bonds. The Labute approximate surface area is 185 Å². The van der Waals surface area contributed by atoms with Crippen molar-refractivity contribution >= 4 is 35.6 Å². The summed E-state index contributed by atoms with van der Waals surface area (Å²) in [7, 11) is 0. The fourth-order valence-corrected chi connectivity index (χ4v) is 5.05. The minimum atomic E-state index is -0.876. The van der Waals surface area contributed by atoms with E-state index in [0.717, 1.165) is 36.9 Å². The van der Waals surface area contributed by atoms with E-state index in [9.17, 15) is 14.4 Å². The quantitative estimate of drug-likeness (QED) is 0.480. The summed E-state index contributed by atoms with van der Waals surface area (Å²) in [6, 6.07) is -0.566. The highest BCUT2D eigenvalue weighted by Gasteiger charge is 2.52. The summed E-state index contributed by atoms with van der Waals surface area (Å²) in [4.78, 5) is 39.8. The zero-order valence-electron chi connectivity index (χ0n) is 17.9. The number of carbonyl (C=O) groups is 3. The van der Waals surface area contributed by atoms with Gasteiger partial charge in [-0.3, -0.25) is 19.6 Å². The van der Waals surface area contributed by atoms with E-state index in [1.807, 2.05) is 11.5 Å². The summed E-state index contributed by atoms with van der Waals surface area (Å²) < 4.78 is 7.34. The highest BCUT2D eigenvalue weighted by atomic mass is 32.2. The number of imide groups is 1. The molecule has 1 saturated carbocycles. The van der Waals surface area contributed by atoms with Crippen molar-refractivity contribution in [2.75, 3.05) is 37.0 Å². The van der Waals surface area contributed by atoms with Crippen LogP contribution in [-0.2, 0) is 20.9 Å². The fourth-order valence-electron chi connectivity index (χ4n) is 4.26. The molecular weight excluding hydrogens is 422 g/mol. The summed E-state index contributed by atoms with van der Waals surface area (Å²) in [6.07, 6.45) is 2.96. The van der Waals surface area contributed by atoms with Crippen molar-refractivity contribution in [2.45, 2.75) is 56.8 Å². The van der Waals surface area contributed by atoms with Crippen molar-refractivity contribution in [1.82, 2.24) is 30.5 Å². The molecule has 0 bridgehead atoms. The molecule has 3 heterocycles. The molecule has 4 rings (SSSR count). The third-order valence-corrected chi connectivity index (χ3v) is 7.13. The van der Waals surface area contributed by atoms with Crippen molar-refractivity contribution < 1.29 is 19.1 Å². The summed E-state index contributed by atoms with van der Waals surface area (Å²) in [5.74, 6) is 0.509. The van der Waals surface area contributed by atoms with Crippen LogP contribution in [0.3, 0.4) is 0 Å². The molecule has 2 N–H and O–H groups in total. The van der Waals surface area contributed by atoms with Crippen LogP contribution in [0.1, 0.15) is 39.5 Å². The number of hydrazine groups is 1. The van der Waals surface area contributed by atoms with E-state index in [4.69, 9.17) is 4.74 Å². The number of rotatable bonds is 6. The SMILES string of the molecule is CCn1c(SCC(=O)NN2C(=O)NC3(CCC(C)CC3)C2=O)nnc1N1CCOCC1. The molecule has 170 valence electrons. The van der Waals surface area contributed by atoms with Crippen molar-refractivity contribution in [1.29, 1.82) is 0 Å². The predicted octanol–water partition coefficient (Wildman–Crippen LogP) is 0.759. The van der Waals surface area contributed by atoms with Crippen molar-refractivity contribution in [3.63, 3.8) is 0 Å². The molecule has 1 aliphatic carbocycles. The highest BCUT2D eigenvalue weighted by molar-refractivity contribution is 7.99. The van der Waals surface area contributed by atoms with Crippen LogP contribution in [-0.4, -0.2) is 75.2 Å². The monoisotopic (exact) mass is 451 g/mol. The van der Waals surface area contributed by atoms with Crippen molar-refractivity contribution in [3.05, 3.63) is 0 Å². The van der Waals surface area contributed by atoms with Crippen LogP contribution in [0.5, 0.6) is 0 Å². The Morgan fingerprint density at radius 1 is 1.26 bits per heavy atom. The van der Waals surface area contributed by atoms with Gasteiger partial charge in [-0.25, -0.2) is 4.79 Å². The van der Waals surface area contributed by atoms with Crippen molar-refractivity contribution in [3.8, 4) is 0 Å². The number of nitrogens with one attached hydrogen (secondary N) is 2. The fraction of sp³-hybridized carbons (Fsp3) is 0.737. The Bertz CT molecular complexity index is 846. The first-order valence-electron chi connectivity index (χ1n) is 10.8. The van der Waals surface area contributed by atoms with E-state index >= 15 is 0 Å². The number of carbonyl (C=O) groups excluding carboxylic acids is 3. The van der Waals surface area contributed by atoms with Crippen LogP contribution < -0.4 is 15.6 Å². The second kappa shape index (κ2) is 9.03. The molecule has 12 heteroatoms. The van der Waals surface area contributed by atoms with Gasteiger partial charge in [-0.15, -0.1) is 10.2 Å². The standard InChI is InChI=1S/C19H29N7O4S/c1-3-25-16(24-8-10-30-11-9-24)21-22-18(25)31-12-14(27)23-26-15(28)19(20-17(26)29)6-4-13(2)5-7-19/h13H,3-12H2,1-2H3,(H,20,29)(H,23,27). The number of hydrogen-bond acceptors (Lipinski definition) is 8. The first kappa shape index (κ1) is 21.9. The number of urea groups is 1. The Morgan fingerprint density at radius 3 is 2.65 bits per heavy atom. The Balaban J connectivity index is 1.35. The maximum Gasteiger partial charge on any atom is 0.344 e. The lowest BCUT2D eigenvalue weighted by atomic mass is 9.77. The molecule has 3 aliphatic rings. The van der Waals surface area contributed by atoms with Gasteiger partial charge in [0.25, 0.3) is 5.91 Å². The molecule has 2 saturated heterocycles. The molecule has 31 heavy (non-hydrogen) atoms. The molecule has 3 fully saturated rings. The zero-order valence-corrected chi connectivity index (χ0v) is 18.7. The van der Waals surface area contributed by atoms with Gasteiger partial charge in [0.2, 0.25) is 11.9 Å². The average Bonchev–Trinajstić information content (AvgIpc) is 3.29. The van der Waals surface area contributed by atoms with Crippen LogP contribution in [0, 0.1) is 5.92 Å². The molecule has 0 aromatic carbocycles. The van der Waals surface area contributed by atoms with Gasteiger partial charge in [-0.2, -0.15) is 5.01 Å². The minimum Gasteiger partial charge on any atom is -0.378 e. The second-order valence-electron chi connectivity index (χ2n) is 8.29. The van der Waals surface area contributed by atoms with Gasteiger partial charge in [-0.1, -0.05) is 18.7 Å². The zero-order chi connectivity index (χ0) is 22.0. The summed E-state index contributed by atoms with van der Waals surface area (Å²) in [5.41, 5.74) is 1.59. The first-order valence-corrected chi connectivity index (χ1v) is 11.8. The number of ether oxygens (including phenoxy) is 1. The molecule has 2 aliphatic heterocycles. The number of amides is 4. The maximum atomic E-state index is 12.9. The number of anilines is 1. The molecule has 0 radical (unpaired) electrons. The van der Waals surface area contributed by atoms with Crippen LogP contribution in [0.25, 0.3) is 0 Å². The number of nitrogens with zero attached hydrogens (tertiary/aromatic N) is 5. The Kier molecular flexibility index (Phi) is 6.37. The molecule has 0 unspecified atom stereocenters. The van der Waals surface area contributed by atoms with Gasteiger partial charge < -0.3 is 15.0 Å². The van der Waals surface area contributed by atoms with Gasteiger partial charge in [-0.05, 0) is 38.5 Å². The second-order valence-corrected chi connectivity index (χ2v) is 9.23. The molecule has 1 aromatic heterocycles. The lowest BCUT2D eigenvalue weighted by Gasteiger charge is -2.33. The van der Waals surface area contributed by atoms with Crippen molar-refractivity contribution in [2.24, 2.45) is 5.92 Å². The third-order valence-electron chi connectivity index (χ3n) is 6.17. The van der Waals surface area contributed by atoms with E-state index in [1.54, 1.807) is 0 Å². The normalized spacial score (nSPS) is 26.5. The average molecular weight is 452 g/mol. The summed E-state index contributed by atoms with van der Waals surface area (Å²) >= 11 is 1.23. The maximum absolute atomic E-state index is 12.9. The minimum absolute atomic E-state index is 0.0162.